The molecule has 8 heteroatoms. The van der Waals surface area contributed by atoms with Crippen LogP contribution in [0.3, 0.4) is 0 Å². The number of carbonyl (C=O) groups is 2. The van der Waals surface area contributed by atoms with Gasteiger partial charge >= 0.3 is 11.9 Å². The molecule has 0 heterocycles. The van der Waals surface area contributed by atoms with Crippen LogP contribution < -0.4 is 5.32 Å². The van der Waals surface area contributed by atoms with Gasteiger partial charge in [-0.2, -0.15) is 0 Å². The van der Waals surface area contributed by atoms with Gasteiger partial charge in [0.1, 0.15) is 6.61 Å². The fourth-order valence-corrected chi connectivity index (χ4v) is 2.74. The molecule has 26 heavy (non-hydrogen) atoms. The summed E-state index contributed by atoms with van der Waals surface area (Å²) in [5.74, 6) is -1.13. The van der Waals surface area contributed by atoms with Gasteiger partial charge < -0.3 is 14.8 Å². The molecule has 0 spiro atoms. The highest BCUT2D eigenvalue weighted by Crippen LogP contribution is 2.33. The minimum Gasteiger partial charge on any atom is -0.462 e. The van der Waals surface area contributed by atoms with E-state index in [0.29, 0.717) is 32.3 Å². The van der Waals surface area contributed by atoms with E-state index in [2.05, 4.69) is 21.2 Å². The molecule has 0 aliphatic carbocycles. The Balaban J connectivity index is 2.02. The van der Waals surface area contributed by atoms with Gasteiger partial charge in [-0.25, -0.2) is 4.79 Å². The molecular weight excluding hydrogens is 445 g/mol. The first-order chi connectivity index (χ1) is 12.5. The molecule has 2 aromatic rings. The molecule has 0 atom stereocenters. The molecule has 0 unspecified atom stereocenters. The zero-order valence-corrected chi connectivity index (χ0v) is 16.7. The van der Waals surface area contributed by atoms with Crippen LogP contribution in [0.25, 0.3) is 0 Å². The number of hydrogen-bond donors (Lipinski definition) is 1. The second-order valence-electron chi connectivity index (χ2n) is 5.13. The highest BCUT2D eigenvalue weighted by molar-refractivity contribution is 9.09. The van der Waals surface area contributed by atoms with Crippen molar-refractivity contribution < 1.29 is 19.1 Å². The van der Waals surface area contributed by atoms with Crippen molar-refractivity contribution in [2.75, 3.05) is 23.9 Å². The molecule has 5 nitrogen and oxygen atoms in total. The van der Waals surface area contributed by atoms with E-state index >= 15 is 0 Å². The number of para-hydroxylation sites is 2. The van der Waals surface area contributed by atoms with Crippen molar-refractivity contribution in [2.24, 2.45) is 0 Å². The van der Waals surface area contributed by atoms with E-state index in [-0.39, 0.29) is 13.0 Å². The Morgan fingerprint density at radius 1 is 0.962 bits per heavy atom. The first-order valence-corrected chi connectivity index (χ1v) is 9.55. The van der Waals surface area contributed by atoms with E-state index in [1.165, 1.54) is 0 Å². The van der Waals surface area contributed by atoms with Gasteiger partial charge in [-0.1, -0.05) is 63.4 Å². The number of alkyl halides is 1. The molecule has 138 valence electrons. The van der Waals surface area contributed by atoms with E-state index in [1.54, 1.807) is 36.4 Å². The second-order valence-corrected chi connectivity index (χ2v) is 6.73. The van der Waals surface area contributed by atoms with Crippen molar-refractivity contribution in [2.45, 2.75) is 6.42 Å². The number of carbonyl (C=O) groups excluding carboxylic acids is 2. The first-order valence-electron chi connectivity index (χ1n) is 7.67. The number of anilines is 2. The van der Waals surface area contributed by atoms with Crippen LogP contribution in [0.4, 0.5) is 11.4 Å². The third-order valence-corrected chi connectivity index (χ3v) is 4.22. The van der Waals surface area contributed by atoms with Crippen LogP contribution >= 0.6 is 39.1 Å². The van der Waals surface area contributed by atoms with Crippen LogP contribution in [-0.2, 0) is 25.5 Å². The number of rotatable bonds is 8. The Kier molecular flexibility index (Phi) is 8.22. The number of halogens is 3. The van der Waals surface area contributed by atoms with E-state index in [0.717, 1.165) is 0 Å². The highest BCUT2D eigenvalue weighted by Gasteiger charge is 2.13. The number of benzene rings is 2. The molecular formula is C18H16BrCl2NO4. The zero-order valence-electron chi connectivity index (χ0n) is 13.6. The van der Waals surface area contributed by atoms with Crippen molar-refractivity contribution in [1.29, 1.82) is 0 Å². The van der Waals surface area contributed by atoms with Gasteiger partial charge in [0.25, 0.3) is 0 Å². The quantitative estimate of drug-likeness (QED) is 0.454. The maximum Gasteiger partial charge on any atom is 0.344 e. The molecule has 0 amide bonds. The monoisotopic (exact) mass is 459 g/mol. The standard InChI is InChI=1S/C18H16BrCl2NO4/c19-8-9-25-17(24)11-26-16(23)10-12-4-1-2-7-15(12)22-18-13(20)5-3-6-14(18)21/h1-7,22H,8-11H2. The average molecular weight is 461 g/mol. The van der Waals surface area contributed by atoms with Crippen LogP contribution in [0.2, 0.25) is 10.0 Å². The maximum atomic E-state index is 12.0. The summed E-state index contributed by atoms with van der Waals surface area (Å²) < 4.78 is 9.76. The molecule has 0 aliphatic rings. The molecule has 1 N–H and O–H groups in total. The molecule has 0 saturated carbocycles. The summed E-state index contributed by atoms with van der Waals surface area (Å²) >= 11 is 15.5. The van der Waals surface area contributed by atoms with E-state index < -0.39 is 18.5 Å². The Morgan fingerprint density at radius 3 is 2.35 bits per heavy atom. The second kappa shape index (κ2) is 10.4. The normalized spacial score (nSPS) is 10.3. The van der Waals surface area contributed by atoms with Gasteiger partial charge in [0.2, 0.25) is 0 Å². The van der Waals surface area contributed by atoms with Crippen molar-refractivity contribution in [1.82, 2.24) is 0 Å². The number of hydrogen-bond acceptors (Lipinski definition) is 5. The number of ether oxygens (including phenoxy) is 2. The van der Waals surface area contributed by atoms with E-state index in [4.69, 9.17) is 32.7 Å². The Morgan fingerprint density at radius 2 is 1.65 bits per heavy atom. The molecule has 0 aromatic heterocycles. The summed E-state index contributed by atoms with van der Waals surface area (Å²) in [5, 5.41) is 4.59. The number of esters is 2. The lowest BCUT2D eigenvalue weighted by Gasteiger charge is -2.14. The fraction of sp³-hybridized carbons (Fsp3) is 0.222. The van der Waals surface area contributed by atoms with Gasteiger partial charge in [-0.05, 0) is 23.8 Å². The van der Waals surface area contributed by atoms with Crippen LogP contribution in [0.1, 0.15) is 5.56 Å². The van der Waals surface area contributed by atoms with Crippen molar-refractivity contribution in [3.63, 3.8) is 0 Å². The fourth-order valence-electron chi connectivity index (χ4n) is 2.09. The van der Waals surface area contributed by atoms with Crippen LogP contribution in [0.5, 0.6) is 0 Å². The van der Waals surface area contributed by atoms with Crippen LogP contribution in [0, 0.1) is 0 Å². The minimum atomic E-state index is -0.591. The predicted octanol–water partition coefficient (Wildman–Crippen LogP) is 4.76. The summed E-state index contributed by atoms with van der Waals surface area (Å²) in [5.41, 5.74) is 1.90. The van der Waals surface area contributed by atoms with Crippen molar-refractivity contribution in [3.05, 3.63) is 58.1 Å². The maximum absolute atomic E-state index is 12.0. The lowest BCUT2D eigenvalue weighted by Crippen LogP contribution is -2.18. The van der Waals surface area contributed by atoms with Gasteiger partial charge in [-0.15, -0.1) is 0 Å². The average Bonchev–Trinajstić information content (AvgIpc) is 2.62. The van der Waals surface area contributed by atoms with Gasteiger partial charge in [0, 0.05) is 11.0 Å². The van der Waals surface area contributed by atoms with E-state index in [9.17, 15) is 9.59 Å². The van der Waals surface area contributed by atoms with Crippen LogP contribution in [-0.4, -0.2) is 30.5 Å². The largest absolute Gasteiger partial charge is 0.462 e. The minimum absolute atomic E-state index is 0.0169. The topological polar surface area (TPSA) is 64.6 Å². The molecule has 0 bridgehead atoms. The van der Waals surface area contributed by atoms with Gasteiger partial charge in [0.05, 0.1) is 22.2 Å². The first kappa shape index (κ1) is 20.6. The lowest BCUT2D eigenvalue weighted by molar-refractivity contribution is -0.157. The summed E-state index contributed by atoms with van der Waals surface area (Å²) in [6, 6.07) is 12.4. The highest BCUT2D eigenvalue weighted by atomic mass is 79.9. The lowest BCUT2D eigenvalue weighted by atomic mass is 10.1. The Labute approximate surface area is 169 Å². The molecule has 2 rings (SSSR count). The smallest absolute Gasteiger partial charge is 0.344 e. The molecule has 0 fully saturated rings. The summed E-state index contributed by atoms with van der Waals surface area (Å²) in [4.78, 5) is 23.4. The van der Waals surface area contributed by atoms with E-state index in [1.807, 2.05) is 6.07 Å². The summed E-state index contributed by atoms with van der Waals surface area (Å²) in [6.45, 7) is -0.195. The molecule has 0 aliphatic heterocycles. The summed E-state index contributed by atoms with van der Waals surface area (Å²) in [7, 11) is 0. The van der Waals surface area contributed by atoms with Gasteiger partial charge in [-0.3, -0.25) is 4.79 Å². The number of nitrogens with one attached hydrogen (secondary N) is 1. The predicted molar refractivity (Wildman–Crippen MR) is 106 cm³/mol. The third-order valence-electron chi connectivity index (χ3n) is 3.27. The van der Waals surface area contributed by atoms with Crippen LogP contribution in [0.15, 0.2) is 42.5 Å². The summed E-state index contributed by atoms with van der Waals surface area (Å²) in [6.07, 6.45) is -0.0169. The molecule has 2 aromatic carbocycles. The third kappa shape index (κ3) is 6.20. The molecule has 0 radical (unpaired) electrons. The SMILES string of the molecule is O=C(COC(=O)Cc1ccccc1Nc1c(Cl)cccc1Cl)OCCBr. The van der Waals surface area contributed by atoms with Gasteiger partial charge in [0.15, 0.2) is 6.61 Å². The van der Waals surface area contributed by atoms with Crippen molar-refractivity contribution >= 4 is 62.4 Å². The van der Waals surface area contributed by atoms with Crippen molar-refractivity contribution in [3.8, 4) is 0 Å². The Hall–Kier alpha value is -1.76. The molecule has 0 saturated heterocycles. The Bertz CT molecular complexity index is 765. The zero-order chi connectivity index (χ0) is 18.9.